The molecule has 0 saturated carbocycles. The lowest BCUT2D eigenvalue weighted by Crippen LogP contribution is -2.38. The molecule has 0 unspecified atom stereocenters. The van der Waals surface area contributed by atoms with Crippen molar-refractivity contribution in [3.8, 4) is 11.5 Å². The Bertz CT molecular complexity index is 1460. The van der Waals surface area contributed by atoms with Crippen LogP contribution in [-0.2, 0) is 14.8 Å². The van der Waals surface area contributed by atoms with Crippen molar-refractivity contribution in [1.82, 2.24) is 0 Å². The van der Waals surface area contributed by atoms with Gasteiger partial charge < -0.3 is 14.8 Å². The second kappa shape index (κ2) is 11.9. The Balaban J connectivity index is 1.65. The van der Waals surface area contributed by atoms with E-state index in [1.54, 1.807) is 36.4 Å². The highest BCUT2D eigenvalue weighted by molar-refractivity contribution is 7.99. The molecule has 0 aliphatic heterocycles. The van der Waals surface area contributed by atoms with E-state index >= 15 is 0 Å². The molecule has 0 aliphatic carbocycles. The Morgan fingerprint density at radius 1 is 0.811 bits per heavy atom. The van der Waals surface area contributed by atoms with Gasteiger partial charge in [0, 0.05) is 15.9 Å². The van der Waals surface area contributed by atoms with Crippen molar-refractivity contribution in [2.45, 2.75) is 14.7 Å². The molecule has 4 aromatic rings. The minimum absolute atomic E-state index is 0.0672. The summed E-state index contributed by atoms with van der Waals surface area (Å²) >= 11 is 1.51. The van der Waals surface area contributed by atoms with Gasteiger partial charge in [0.15, 0.2) is 11.5 Å². The predicted molar refractivity (Wildman–Crippen MR) is 146 cm³/mol. The number of amides is 1. The zero-order valence-corrected chi connectivity index (χ0v) is 22.0. The molecule has 1 amide bonds. The summed E-state index contributed by atoms with van der Waals surface area (Å²) < 4.78 is 39.0. The molecule has 0 bridgehead atoms. The molecule has 4 rings (SSSR count). The monoisotopic (exact) mass is 534 g/mol. The van der Waals surface area contributed by atoms with E-state index in [9.17, 15) is 13.2 Å². The van der Waals surface area contributed by atoms with Gasteiger partial charge in [0.2, 0.25) is 5.91 Å². The molecular formula is C28H26N2O5S2. The second-order valence-electron chi connectivity index (χ2n) is 7.82. The van der Waals surface area contributed by atoms with E-state index in [0.717, 1.165) is 14.1 Å². The van der Waals surface area contributed by atoms with E-state index in [1.807, 2.05) is 48.5 Å². The van der Waals surface area contributed by atoms with Crippen LogP contribution >= 0.6 is 11.8 Å². The zero-order chi connectivity index (χ0) is 26.3. The normalized spacial score (nSPS) is 11.0. The number of carbonyl (C=O) groups is 1. The van der Waals surface area contributed by atoms with Gasteiger partial charge in [-0.25, -0.2) is 8.42 Å². The number of anilines is 2. The van der Waals surface area contributed by atoms with Gasteiger partial charge in [-0.15, -0.1) is 0 Å². The molecule has 0 aliphatic rings. The van der Waals surface area contributed by atoms with Gasteiger partial charge >= 0.3 is 0 Å². The van der Waals surface area contributed by atoms with E-state index in [-0.39, 0.29) is 10.6 Å². The summed E-state index contributed by atoms with van der Waals surface area (Å²) in [5.74, 6) is 0.299. The topological polar surface area (TPSA) is 84.9 Å². The molecule has 37 heavy (non-hydrogen) atoms. The third-order valence-corrected chi connectivity index (χ3v) is 8.28. The van der Waals surface area contributed by atoms with Gasteiger partial charge in [-0.3, -0.25) is 9.10 Å². The first-order chi connectivity index (χ1) is 17.9. The average Bonchev–Trinajstić information content (AvgIpc) is 2.93. The number of methoxy groups -OCH3 is 2. The molecule has 1 N–H and O–H groups in total. The molecule has 0 atom stereocenters. The fraction of sp³-hybridized carbons (Fsp3) is 0.107. The molecule has 0 fully saturated rings. The fourth-order valence-electron chi connectivity index (χ4n) is 3.61. The van der Waals surface area contributed by atoms with Crippen LogP contribution in [-0.4, -0.2) is 35.1 Å². The second-order valence-corrected chi connectivity index (χ2v) is 10.8. The van der Waals surface area contributed by atoms with E-state index in [1.165, 1.54) is 44.2 Å². The highest BCUT2D eigenvalue weighted by atomic mass is 32.2. The number of benzene rings is 4. The predicted octanol–water partition coefficient (Wildman–Crippen LogP) is 5.69. The largest absolute Gasteiger partial charge is 0.493 e. The van der Waals surface area contributed by atoms with Crippen LogP contribution in [0.2, 0.25) is 0 Å². The molecule has 7 nitrogen and oxygen atoms in total. The Hall–Kier alpha value is -3.95. The van der Waals surface area contributed by atoms with Gasteiger partial charge in [0.1, 0.15) is 6.54 Å². The van der Waals surface area contributed by atoms with Crippen molar-refractivity contribution < 1.29 is 22.7 Å². The maximum absolute atomic E-state index is 13.7. The summed E-state index contributed by atoms with van der Waals surface area (Å²) in [5, 5.41) is 2.88. The molecule has 0 aromatic heterocycles. The highest BCUT2D eigenvalue weighted by Crippen LogP contribution is 2.35. The third kappa shape index (κ3) is 6.25. The van der Waals surface area contributed by atoms with E-state index < -0.39 is 22.5 Å². The summed E-state index contributed by atoms with van der Waals surface area (Å²) in [6.45, 7) is -0.447. The smallest absolute Gasteiger partial charge is 0.264 e. The number of rotatable bonds is 10. The summed E-state index contributed by atoms with van der Waals surface area (Å²) in [4.78, 5) is 15.2. The van der Waals surface area contributed by atoms with Gasteiger partial charge in [-0.1, -0.05) is 60.3 Å². The zero-order valence-electron chi connectivity index (χ0n) is 20.3. The van der Waals surface area contributed by atoms with Crippen LogP contribution in [0.25, 0.3) is 0 Å². The van der Waals surface area contributed by atoms with Crippen LogP contribution in [0.3, 0.4) is 0 Å². The van der Waals surface area contributed by atoms with Crippen molar-refractivity contribution in [3.63, 3.8) is 0 Å². The molecule has 0 heterocycles. The lowest BCUT2D eigenvalue weighted by Gasteiger charge is -2.25. The molecule has 0 spiro atoms. The molecular weight excluding hydrogens is 508 g/mol. The number of hydrogen-bond donors (Lipinski definition) is 1. The SMILES string of the molecule is COc1ccc(N(CC(=O)Nc2ccccc2Sc2ccccc2)S(=O)(=O)c2ccccc2)cc1OC. The summed E-state index contributed by atoms with van der Waals surface area (Å²) in [7, 11) is -1.12. The Kier molecular flexibility index (Phi) is 8.37. The lowest BCUT2D eigenvalue weighted by atomic mass is 10.2. The molecule has 4 aromatic carbocycles. The fourth-order valence-corrected chi connectivity index (χ4v) is 5.97. The van der Waals surface area contributed by atoms with Crippen molar-refractivity contribution >= 4 is 39.1 Å². The number of para-hydroxylation sites is 1. The van der Waals surface area contributed by atoms with E-state index in [4.69, 9.17) is 9.47 Å². The van der Waals surface area contributed by atoms with E-state index in [2.05, 4.69) is 5.32 Å². The maximum atomic E-state index is 13.7. The summed E-state index contributed by atoms with van der Waals surface area (Å²) in [5.41, 5.74) is 0.856. The standard InChI is InChI=1S/C28H26N2O5S2/c1-34-25-18-17-21(19-26(25)35-2)30(37(32,33)23-13-7-4-8-14-23)20-28(31)29-24-15-9-10-16-27(24)36-22-11-5-3-6-12-22/h3-19H,20H2,1-2H3,(H,29,31). The first-order valence-electron chi connectivity index (χ1n) is 11.3. The number of ether oxygens (including phenoxy) is 2. The molecule has 9 heteroatoms. The van der Waals surface area contributed by atoms with Crippen LogP contribution in [0.5, 0.6) is 11.5 Å². The number of hydrogen-bond acceptors (Lipinski definition) is 6. The summed E-state index contributed by atoms with van der Waals surface area (Å²) in [6, 6.07) is 29.9. The molecule has 0 saturated heterocycles. The van der Waals surface area contributed by atoms with Crippen LogP contribution in [0.4, 0.5) is 11.4 Å². The van der Waals surface area contributed by atoms with Crippen LogP contribution < -0.4 is 19.1 Å². The van der Waals surface area contributed by atoms with E-state index in [0.29, 0.717) is 17.2 Å². The van der Waals surface area contributed by atoms with Crippen LogP contribution in [0.1, 0.15) is 0 Å². The number of sulfonamides is 1. The van der Waals surface area contributed by atoms with Gasteiger partial charge in [-0.05, 0) is 48.5 Å². The van der Waals surface area contributed by atoms with Gasteiger partial charge in [0.05, 0.1) is 30.5 Å². The van der Waals surface area contributed by atoms with Crippen LogP contribution in [0.15, 0.2) is 118 Å². The van der Waals surface area contributed by atoms with Crippen molar-refractivity contribution in [3.05, 3.63) is 103 Å². The highest BCUT2D eigenvalue weighted by Gasteiger charge is 2.28. The maximum Gasteiger partial charge on any atom is 0.264 e. The van der Waals surface area contributed by atoms with Gasteiger partial charge in [-0.2, -0.15) is 0 Å². The lowest BCUT2D eigenvalue weighted by molar-refractivity contribution is -0.114. The van der Waals surface area contributed by atoms with Crippen LogP contribution in [0, 0.1) is 0 Å². The first kappa shape index (κ1) is 26.1. The Labute approximate surface area is 221 Å². The first-order valence-corrected chi connectivity index (χ1v) is 13.6. The van der Waals surface area contributed by atoms with Crippen molar-refractivity contribution in [1.29, 1.82) is 0 Å². The number of nitrogens with zero attached hydrogens (tertiary/aromatic N) is 1. The summed E-state index contributed by atoms with van der Waals surface area (Å²) in [6.07, 6.45) is 0. The minimum atomic E-state index is -4.07. The van der Waals surface area contributed by atoms with Crippen molar-refractivity contribution in [2.24, 2.45) is 0 Å². The number of nitrogens with one attached hydrogen (secondary N) is 1. The Morgan fingerprint density at radius 3 is 2.11 bits per heavy atom. The minimum Gasteiger partial charge on any atom is -0.493 e. The molecule has 0 radical (unpaired) electrons. The Morgan fingerprint density at radius 2 is 1.43 bits per heavy atom. The quantitative estimate of drug-likeness (QED) is 0.281. The average molecular weight is 535 g/mol. The molecule has 190 valence electrons. The van der Waals surface area contributed by atoms with Gasteiger partial charge in [0.25, 0.3) is 10.0 Å². The van der Waals surface area contributed by atoms with Crippen molar-refractivity contribution in [2.75, 3.05) is 30.4 Å². The third-order valence-electron chi connectivity index (χ3n) is 5.41. The number of carbonyl (C=O) groups excluding carboxylic acids is 1.